The predicted octanol–water partition coefficient (Wildman–Crippen LogP) is 2.02. The smallest absolute Gasteiger partial charge is 0.214 e. The Morgan fingerprint density at radius 3 is 2.88 bits per heavy atom. The van der Waals surface area contributed by atoms with Crippen molar-refractivity contribution in [2.45, 2.75) is 39.1 Å². The van der Waals surface area contributed by atoms with Crippen LogP contribution in [0.5, 0.6) is 0 Å². The van der Waals surface area contributed by atoms with Gasteiger partial charge in [0, 0.05) is 31.2 Å². The van der Waals surface area contributed by atoms with Gasteiger partial charge in [0.05, 0.1) is 30.7 Å². The lowest BCUT2D eigenvalue weighted by atomic mass is 10.3. The van der Waals surface area contributed by atoms with Crippen LogP contribution in [0.1, 0.15) is 24.7 Å². The minimum absolute atomic E-state index is 0.167. The number of nitrogens with zero attached hydrogens (tertiary/aromatic N) is 3. The molecule has 0 bridgehead atoms. The minimum Gasteiger partial charge on any atom is -0.369 e. The number of pyridine rings is 1. The van der Waals surface area contributed by atoms with Crippen LogP contribution in [0.25, 0.3) is 0 Å². The molecular weight excluding hydrogens is 326 g/mol. The molecule has 2 aromatic rings. The predicted molar refractivity (Wildman–Crippen MR) is 91.7 cm³/mol. The van der Waals surface area contributed by atoms with Crippen molar-refractivity contribution in [3.8, 4) is 0 Å². The summed E-state index contributed by atoms with van der Waals surface area (Å²) < 4.78 is 34.7. The summed E-state index contributed by atoms with van der Waals surface area (Å²) in [7, 11) is -3.27. The highest BCUT2D eigenvalue weighted by Gasteiger charge is 2.29. The lowest BCUT2D eigenvalue weighted by Gasteiger charge is -2.23. The van der Waals surface area contributed by atoms with Gasteiger partial charge in [0.1, 0.15) is 0 Å². The van der Waals surface area contributed by atoms with Crippen molar-refractivity contribution in [3.05, 3.63) is 54.1 Å². The van der Waals surface area contributed by atoms with Crippen molar-refractivity contribution in [2.24, 2.45) is 0 Å². The number of hydrogen-bond acceptors (Lipinski definition) is 4. The topological polar surface area (TPSA) is 64.4 Å². The molecule has 6 nitrogen and oxygen atoms in total. The molecule has 1 aliphatic rings. The van der Waals surface area contributed by atoms with Gasteiger partial charge in [-0.15, -0.1) is 0 Å². The Labute approximate surface area is 143 Å². The minimum atomic E-state index is -3.27. The van der Waals surface area contributed by atoms with E-state index in [1.54, 1.807) is 10.5 Å². The van der Waals surface area contributed by atoms with Crippen molar-refractivity contribution >= 4 is 10.0 Å². The molecule has 1 atom stereocenters. The first-order valence-electron chi connectivity index (χ1n) is 8.22. The monoisotopic (exact) mass is 349 g/mol. The lowest BCUT2D eigenvalue weighted by molar-refractivity contribution is 0.0207. The number of fused-ring (bicyclic) bond motifs is 1. The average molecular weight is 349 g/mol. The van der Waals surface area contributed by atoms with E-state index in [1.807, 2.05) is 43.5 Å². The van der Waals surface area contributed by atoms with E-state index in [0.29, 0.717) is 32.7 Å². The number of hydrogen-bond donors (Lipinski definition) is 0. The summed E-state index contributed by atoms with van der Waals surface area (Å²) in [4.78, 5) is 4.25. The number of ether oxygens (including phenoxy) is 1. The molecule has 7 heteroatoms. The van der Waals surface area contributed by atoms with Crippen molar-refractivity contribution in [3.63, 3.8) is 0 Å². The molecule has 0 saturated carbocycles. The van der Waals surface area contributed by atoms with Gasteiger partial charge in [0.15, 0.2) is 0 Å². The van der Waals surface area contributed by atoms with Crippen LogP contribution < -0.4 is 0 Å². The second-order valence-corrected chi connectivity index (χ2v) is 8.10. The first kappa shape index (κ1) is 17.1. The fourth-order valence-corrected chi connectivity index (χ4v) is 4.41. The van der Waals surface area contributed by atoms with Crippen molar-refractivity contribution in [1.29, 1.82) is 0 Å². The van der Waals surface area contributed by atoms with Crippen molar-refractivity contribution in [2.75, 3.05) is 12.3 Å². The standard InChI is InChI=1S/C17H23N3O3S/c1-2-10-24(21,22)20-11-16-7-5-9-19(16)12-17(13-20)23-14-15-6-3-4-8-18-15/h3-9,17H,2,10-14H2,1H3/t17-/m1/s1. The number of aromatic nitrogens is 2. The SMILES string of the molecule is CCCS(=O)(=O)N1Cc2cccn2C[C@@H](OCc2ccccn2)C1. The number of rotatable bonds is 6. The Morgan fingerprint density at radius 2 is 2.12 bits per heavy atom. The molecular formula is C17H23N3O3S. The van der Waals surface area contributed by atoms with E-state index in [4.69, 9.17) is 4.74 Å². The van der Waals surface area contributed by atoms with Crippen molar-refractivity contribution in [1.82, 2.24) is 13.9 Å². The lowest BCUT2D eigenvalue weighted by Crippen LogP contribution is -2.38. The van der Waals surface area contributed by atoms with Crippen LogP contribution in [-0.2, 0) is 34.5 Å². The first-order valence-corrected chi connectivity index (χ1v) is 9.83. The van der Waals surface area contributed by atoms with Crippen LogP contribution in [0.2, 0.25) is 0 Å². The van der Waals surface area contributed by atoms with Crippen LogP contribution in [0.4, 0.5) is 0 Å². The first-order chi connectivity index (χ1) is 11.6. The molecule has 0 aromatic carbocycles. The van der Waals surface area contributed by atoms with Gasteiger partial charge in [0.25, 0.3) is 0 Å². The van der Waals surface area contributed by atoms with Crippen LogP contribution in [-0.4, -0.2) is 40.7 Å². The third-order valence-electron chi connectivity index (χ3n) is 4.12. The zero-order chi connectivity index (χ0) is 17.0. The molecule has 0 N–H and O–H groups in total. The largest absolute Gasteiger partial charge is 0.369 e. The zero-order valence-electron chi connectivity index (χ0n) is 13.8. The van der Waals surface area contributed by atoms with E-state index >= 15 is 0 Å². The fraction of sp³-hybridized carbons (Fsp3) is 0.471. The van der Waals surface area contributed by atoms with Crippen LogP contribution >= 0.6 is 0 Å². The molecule has 3 heterocycles. The second kappa shape index (κ2) is 7.46. The maximum Gasteiger partial charge on any atom is 0.214 e. The summed E-state index contributed by atoms with van der Waals surface area (Å²) in [5, 5.41) is 0. The van der Waals surface area contributed by atoms with Gasteiger partial charge in [-0.2, -0.15) is 4.31 Å². The number of sulfonamides is 1. The summed E-state index contributed by atoms with van der Waals surface area (Å²) in [6, 6.07) is 9.60. The maximum absolute atomic E-state index is 12.5. The van der Waals surface area contributed by atoms with Gasteiger partial charge in [-0.05, 0) is 30.7 Å². The van der Waals surface area contributed by atoms with Crippen LogP contribution in [0, 0.1) is 0 Å². The molecule has 24 heavy (non-hydrogen) atoms. The third kappa shape index (κ3) is 4.03. The quantitative estimate of drug-likeness (QED) is 0.800. The molecule has 0 spiro atoms. The van der Waals surface area contributed by atoms with E-state index in [-0.39, 0.29) is 11.9 Å². The molecule has 0 aliphatic carbocycles. The third-order valence-corrected chi connectivity index (χ3v) is 6.11. The summed E-state index contributed by atoms with van der Waals surface area (Å²) in [5.41, 5.74) is 1.84. The van der Waals surface area contributed by atoms with Crippen molar-refractivity contribution < 1.29 is 13.2 Å². The highest BCUT2D eigenvalue weighted by Crippen LogP contribution is 2.19. The molecule has 0 unspecified atom stereocenters. The molecule has 0 fully saturated rings. The second-order valence-electron chi connectivity index (χ2n) is 6.01. The van der Waals surface area contributed by atoms with E-state index in [0.717, 1.165) is 11.4 Å². The Balaban J connectivity index is 1.76. The molecule has 3 rings (SSSR count). The molecule has 1 aliphatic heterocycles. The Kier molecular flexibility index (Phi) is 5.33. The summed E-state index contributed by atoms with van der Waals surface area (Å²) in [5.74, 6) is 0.167. The fourth-order valence-electron chi connectivity index (χ4n) is 2.91. The van der Waals surface area contributed by atoms with Crippen LogP contribution in [0.3, 0.4) is 0 Å². The highest BCUT2D eigenvalue weighted by atomic mass is 32.2. The average Bonchev–Trinajstić information content (AvgIpc) is 2.91. The molecule has 0 radical (unpaired) electrons. The van der Waals surface area contributed by atoms with E-state index < -0.39 is 10.0 Å². The van der Waals surface area contributed by atoms with E-state index in [1.165, 1.54) is 0 Å². The van der Waals surface area contributed by atoms with Gasteiger partial charge < -0.3 is 9.30 Å². The van der Waals surface area contributed by atoms with Gasteiger partial charge in [-0.25, -0.2) is 8.42 Å². The summed E-state index contributed by atoms with van der Waals surface area (Å²) >= 11 is 0. The summed E-state index contributed by atoms with van der Waals surface area (Å²) in [6.07, 6.45) is 4.11. The van der Waals surface area contributed by atoms with Gasteiger partial charge in [0.2, 0.25) is 10.0 Å². The highest BCUT2D eigenvalue weighted by molar-refractivity contribution is 7.89. The van der Waals surface area contributed by atoms with Crippen LogP contribution in [0.15, 0.2) is 42.7 Å². The normalized spacial score (nSPS) is 19.0. The zero-order valence-corrected chi connectivity index (χ0v) is 14.7. The Morgan fingerprint density at radius 1 is 1.25 bits per heavy atom. The van der Waals surface area contributed by atoms with E-state index in [9.17, 15) is 8.42 Å². The Hall–Kier alpha value is -1.70. The van der Waals surface area contributed by atoms with E-state index in [2.05, 4.69) is 9.55 Å². The molecule has 0 amide bonds. The molecule has 0 saturated heterocycles. The summed E-state index contributed by atoms with van der Waals surface area (Å²) in [6.45, 7) is 3.68. The van der Waals surface area contributed by atoms with Gasteiger partial charge >= 0.3 is 0 Å². The maximum atomic E-state index is 12.5. The van der Waals surface area contributed by atoms with Gasteiger partial charge in [-0.1, -0.05) is 13.0 Å². The molecule has 2 aromatic heterocycles. The molecule has 130 valence electrons. The Bertz CT molecular complexity index is 758. The van der Waals surface area contributed by atoms with Gasteiger partial charge in [-0.3, -0.25) is 4.98 Å².